The van der Waals surface area contributed by atoms with Crippen molar-refractivity contribution >= 4 is 11.8 Å². The molecule has 0 radical (unpaired) electrons. The molecule has 1 fully saturated rings. The Bertz CT molecular complexity index is 732. The number of primary amides is 1. The van der Waals surface area contributed by atoms with Crippen LogP contribution in [0.3, 0.4) is 0 Å². The normalized spacial score (nSPS) is 15.6. The van der Waals surface area contributed by atoms with Crippen molar-refractivity contribution in [1.82, 2.24) is 15.0 Å². The second kappa shape index (κ2) is 6.20. The Morgan fingerprint density at radius 2 is 1.96 bits per heavy atom. The number of carbonyl (C=O) groups is 2. The van der Waals surface area contributed by atoms with E-state index in [1.807, 2.05) is 0 Å². The summed E-state index contributed by atoms with van der Waals surface area (Å²) in [6.07, 6.45) is 1.56. The topological polar surface area (TPSA) is 102 Å². The van der Waals surface area contributed by atoms with Gasteiger partial charge in [0.2, 0.25) is 11.8 Å². The third-order valence-electron chi connectivity index (χ3n) is 4.07. The maximum Gasteiger partial charge on any atom is 0.253 e. The number of benzene rings is 1. The maximum absolute atomic E-state index is 12.5. The van der Waals surface area contributed by atoms with E-state index in [1.165, 1.54) is 6.07 Å². The largest absolute Gasteiger partial charge is 0.366 e. The molecule has 3 rings (SSSR count). The van der Waals surface area contributed by atoms with Gasteiger partial charge in [0, 0.05) is 30.1 Å². The van der Waals surface area contributed by atoms with Crippen LogP contribution in [0.25, 0.3) is 0 Å². The number of piperidine rings is 1. The molecule has 0 unspecified atom stereocenters. The van der Waals surface area contributed by atoms with Crippen LogP contribution >= 0.6 is 0 Å². The lowest BCUT2D eigenvalue weighted by atomic mass is 9.96. The molecule has 1 aliphatic heterocycles. The lowest BCUT2D eigenvalue weighted by Gasteiger charge is -2.30. The summed E-state index contributed by atoms with van der Waals surface area (Å²) in [6, 6.07) is 6.50. The molecule has 1 aliphatic rings. The van der Waals surface area contributed by atoms with Crippen LogP contribution in [0.4, 0.5) is 0 Å². The first kappa shape index (κ1) is 15.2. The van der Waals surface area contributed by atoms with Crippen LogP contribution in [0.15, 0.2) is 28.8 Å². The molecule has 2 aromatic rings. The molecule has 1 aromatic heterocycles. The summed E-state index contributed by atoms with van der Waals surface area (Å²) in [5.74, 6) is 0.836. The van der Waals surface area contributed by atoms with Crippen LogP contribution in [-0.2, 0) is 0 Å². The fourth-order valence-electron chi connectivity index (χ4n) is 2.80. The number of aromatic nitrogens is 2. The van der Waals surface area contributed by atoms with E-state index >= 15 is 0 Å². The summed E-state index contributed by atoms with van der Waals surface area (Å²) < 4.78 is 5.21. The zero-order valence-corrected chi connectivity index (χ0v) is 12.9. The average Bonchev–Trinajstić information content (AvgIpc) is 3.01. The second-order valence-electron chi connectivity index (χ2n) is 5.69. The molecule has 0 atom stereocenters. The van der Waals surface area contributed by atoms with Gasteiger partial charge in [-0.25, -0.2) is 0 Å². The standard InChI is InChI=1S/C16H18N4O3/c1-10-18-15(23-19-10)11-5-7-20(8-6-11)16(22)13-4-2-3-12(9-13)14(17)21/h2-4,9,11H,5-8H2,1H3,(H2,17,21). The summed E-state index contributed by atoms with van der Waals surface area (Å²) in [5, 5.41) is 3.81. The number of aryl methyl sites for hydroxylation is 1. The summed E-state index contributed by atoms with van der Waals surface area (Å²) in [4.78, 5) is 29.8. The van der Waals surface area contributed by atoms with E-state index in [-0.39, 0.29) is 11.8 Å². The van der Waals surface area contributed by atoms with Crippen LogP contribution in [0, 0.1) is 6.92 Å². The fraction of sp³-hybridized carbons (Fsp3) is 0.375. The van der Waals surface area contributed by atoms with Crippen molar-refractivity contribution < 1.29 is 14.1 Å². The molecule has 2 N–H and O–H groups in total. The SMILES string of the molecule is Cc1noc(C2CCN(C(=O)c3cccc(C(N)=O)c3)CC2)n1. The number of amides is 2. The summed E-state index contributed by atoms with van der Waals surface area (Å²) >= 11 is 0. The van der Waals surface area contributed by atoms with Gasteiger partial charge in [0.15, 0.2) is 5.82 Å². The van der Waals surface area contributed by atoms with E-state index in [1.54, 1.807) is 30.0 Å². The van der Waals surface area contributed by atoms with E-state index in [2.05, 4.69) is 10.1 Å². The second-order valence-corrected chi connectivity index (χ2v) is 5.69. The van der Waals surface area contributed by atoms with Gasteiger partial charge < -0.3 is 15.2 Å². The van der Waals surface area contributed by atoms with Crippen molar-refractivity contribution in [3.63, 3.8) is 0 Å². The van der Waals surface area contributed by atoms with Crippen molar-refractivity contribution in [1.29, 1.82) is 0 Å². The lowest BCUT2D eigenvalue weighted by molar-refractivity contribution is 0.0704. The van der Waals surface area contributed by atoms with Gasteiger partial charge in [-0.2, -0.15) is 4.98 Å². The first-order valence-electron chi connectivity index (χ1n) is 7.54. The van der Waals surface area contributed by atoms with Gasteiger partial charge in [-0.15, -0.1) is 0 Å². The highest BCUT2D eigenvalue weighted by Gasteiger charge is 2.27. The molecule has 0 bridgehead atoms. The van der Waals surface area contributed by atoms with Crippen LogP contribution < -0.4 is 5.73 Å². The smallest absolute Gasteiger partial charge is 0.253 e. The summed E-state index contributed by atoms with van der Waals surface area (Å²) in [5.41, 5.74) is 6.08. The number of likely N-dealkylation sites (tertiary alicyclic amines) is 1. The Kier molecular flexibility index (Phi) is 4.10. The highest BCUT2D eigenvalue weighted by Crippen LogP contribution is 2.27. The molecule has 120 valence electrons. The van der Waals surface area contributed by atoms with Crippen molar-refractivity contribution in [3.05, 3.63) is 47.1 Å². The number of nitrogens with zero attached hydrogens (tertiary/aromatic N) is 3. The molecular formula is C16H18N4O3. The Hall–Kier alpha value is -2.70. The summed E-state index contributed by atoms with van der Waals surface area (Å²) in [6.45, 7) is 3.02. The highest BCUT2D eigenvalue weighted by molar-refractivity contribution is 5.99. The van der Waals surface area contributed by atoms with Gasteiger partial charge in [0.25, 0.3) is 5.91 Å². The van der Waals surface area contributed by atoms with E-state index in [0.717, 1.165) is 12.8 Å². The summed E-state index contributed by atoms with van der Waals surface area (Å²) in [7, 11) is 0. The number of carbonyl (C=O) groups excluding carboxylic acids is 2. The van der Waals surface area contributed by atoms with Gasteiger partial charge in [-0.3, -0.25) is 9.59 Å². The predicted molar refractivity (Wildman–Crippen MR) is 81.9 cm³/mol. The quantitative estimate of drug-likeness (QED) is 0.924. The minimum atomic E-state index is -0.537. The molecule has 1 aromatic carbocycles. The molecule has 7 nitrogen and oxygen atoms in total. The number of nitrogens with two attached hydrogens (primary N) is 1. The zero-order chi connectivity index (χ0) is 16.4. The van der Waals surface area contributed by atoms with Crippen LogP contribution in [0.5, 0.6) is 0 Å². The molecule has 1 saturated heterocycles. The third kappa shape index (κ3) is 3.23. The number of hydrogen-bond acceptors (Lipinski definition) is 5. The van der Waals surface area contributed by atoms with E-state index in [0.29, 0.717) is 35.9 Å². The van der Waals surface area contributed by atoms with E-state index in [4.69, 9.17) is 10.3 Å². The van der Waals surface area contributed by atoms with Crippen LogP contribution in [0.2, 0.25) is 0 Å². The first-order valence-corrected chi connectivity index (χ1v) is 7.54. The van der Waals surface area contributed by atoms with Crippen LogP contribution in [-0.4, -0.2) is 39.9 Å². The van der Waals surface area contributed by atoms with Crippen molar-refractivity contribution in [2.24, 2.45) is 5.73 Å². The Morgan fingerprint density at radius 3 is 2.57 bits per heavy atom. The van der Waals surface area contributed by atoms with Gasteiger partial charge >= 0.3 is 0 Å². The number of hydrogen-bond donors (Lipinski definition) is 1. The third-order valence-corrected chi connectivity index (χ3v) is 4.07. The highest BCUT2D eigenvalue weighted by atomic mass is 16.5. The first-order chi connectivity index (χ1) is 11.0. The molecule has 2 amide bonds. The van der Waals surface area contributed by atoms with Crippen molar-refractivity contribution in [2.45, 2.75) is 25.7 Å². The number of rotatable bonds is 3. The lowest BCUT2D eigenvalue weighted by Crippen LogP contribution is -2.38. The van der Waals surface area contributed by atoms with Gasteiger partial charge in [-0.05, 0) is 38.0 Å². The predicted octanol–water partition coefficient (Wildman–Crippen LogP) is 1.50. The van der Waals surface area contributed by atoms with Crippen molar-refractivity contribution in [3.8, 4) is 0 Å². The molecule has 0 saturated carbocycles. The van der Waals surface area contributed by atoms with Crippen LogP contribution in [0.1, 0.15) is 51.2 Å². The van der Waals surface area contributed by atoms with E-state index < -0.39 is 5.91 Å². The van der Waals surface area contributed by atoms with E-state index in [9.17, 15) is 9.59 Å². The Labute approximate surface area is 133 Å². The molecule has 0 spiro atoms. The molecule has 2 heterocycles. The Balaban J connectivity index is 1.66. The minimum Gasteiger partial charge on any atom is -0.366 e. The Morgan fingerprint density at radius 1 is 1.26 bits per heavy atom. The van der Waals surface area contributed by atoms with Gasteiger partial charge in [0.1, 0.15) is 0 Å². The minimum absolute atomic E-state index is 0.0896. The monoisotopic (exact) mass is 314 g/mol. The zero-order valence-electron chi connectivity index (χ0n) is 12.9. The molecular weight excluding hydrogens is 296 g/mol. The molecule has 23 heavy (non-hydrogen) atoms. The molecule has 0 aliphatic carbocycles. The van der Waals surface area contributed by atoms with Gasteiger partial charge in [-0.1, -0.05) is 11.2 Å². The fourth-order valence-corrected chi connectivity index (χ4v) is 2.80. The molecule has 7 heteroatoms. The van der Waals surface area contributed by atoms with Gasteiger partial charge in [0.05, 0.1) is 0 Å². The average molecular weight is 314 g/mol. The maximum atomic E-state index is 12.5. The van der Waals surface area contributed by atoms with Crippen molar-refractivity contribution in [2.75, 3.05) is 13.1 Å².